The Kier molecular flexibility index (Phi) is 4.72. The zero-order valence-corrected chi connectivity index (χ0v) is 14.4. The summed E-state index contributed by atoms with van der Waals surface area (Å²) in [5, 5.41) is 11.2. The molecule has 0 spiro atoms. The molecule has 0 radical (unpaired) electrons. The van der Waals surface area contributed by atoms with Gasteiger partial charge in [0.05, 0.1) is 11.9 Å². The molecule has 6 heteroatoms. The Bertz CT molecular complexity index is 820. The van der Waals surface area contributed by atoms with Crippen LogP contribution < -0.4 is 4.74 Å². The average molecular weight is 336 g/mol. The summed E-state index contributed by atoms with van der Waals surface area (Å²) in [5.74, 6) is 0.933. The van der Waals surface area contributed by atoms with Crippen LogP contribution in [0.25, 0.3) is 0 Å². The van der Waals surface area contributed by atoms with E-state index in [-0.39, 0.29) is 5.92 Å². The van der Waals surface area contributed by atoms with Gasteiger partial charge in [-0.05, 0) is 30.5 Å². The lowest BCUT2D eigenvalue weighted by atomic mass is 9.81. The van der Waals surface area contributed by atoms with Gasteiger partial charge in [0.15, 0.2) is 0 Å². The smallest absolute Gasteiger partial charge is 0.219 e. The first kappa shape index (κ1) is 17.0. The summed E-state index contributed by atoms with van der Waals surface area (Å²) >= 11 is 0. The van der Waals surface area contributed by atoms with Gasteiger partial charge in [0.25, 0.3) is 0 Å². The maximum atomic E-state index is 11.2. The Morgan fingerprint density at radius 1 is 0.960 bits per heavy atom. The number of aliphatic hydroxyl groups is 1. The molecule has 3 aromatic rings. The SMILES string of the molecule is Cc1ccc(Oc2ccc(C(O)(c3cncnc3)C(C)C)nc2)nc1. The van der Waals surface area contributed by atoms with Crippen molar-refractivity contribution in [1.82, 2.24) is 19.9 Å². The first-order chi connectivity index (χ1) is 12.0. The topological polar surface area (TPSA) is 81.0 Å². The molecule has 0 aromatic carbocycles. The van der Waals surface area contributed by atoms with Gasteiger partial charge in [0.1, 0.15) is 17.7 Å². The molecule has 1 atom stereocenters. The van der Waals surface area contributed by atoms with Crippen LogP contribution in [0.1, 0.15) is 30.7 Å². The Morgan fingerprint density at radius 2 is 1.72 bits per heavy atom. The molecule has 6 nitrogen and oxygen atoms in total. The summed E-state index contributed by atoms with van der Waals surface area (Å²) < 4.78 is 5.69. The first-order valence-corrected chi connectivity index (χ1v) is 8.05. The van der Waals surface area contributed by atoms with Crippen molar-refractivity contribution in [2.45, 2.75) is 26.4 Å². The monoisotopic (exact) mass is 336 g/mol. The van der Waals surface area contributed by atoms with Gasteiger partial charge < -0.3 is 9.84 Å². The van der Waals surface area contributed by atoms with Gasteiger partial charge in [-0.3, -0.25) is 4.98 Å². The second-order valence-corrected chi connectivity index (χ2v) is 6.20. The molecule has 128 valence electrons. The second kappa shape index (κ2) is 6.94. The van der Waals surface area contributed by atoms with E-state index in [0.29, 0.717) is 22.9 Å². The molecule has 1 unspecified atom stereocenters. The molecule has 0 saturated heterocycles. The molecule has 0 aliphatic carbocycles. The summed E-state index contributed by atoms with van der Waals surface area (Å²) in [6, 6.07) is 7.24. The van der Waals surface area contributed by atoms with Crippen LogP contribution in [-0.2, 0) is 5.60 Å². The molecule has 1 N–H and O–H groups in total. The number of aryl methyl sites for hydroxylation is 1. The van der Waals surface area contributed by atoms with E-state index in [1.54, 1.807) is 43.0 Å². The van der Waals surface area contributed by atoms with Gasteiger partial charge in [0.2, 0.25) is 5.88 Å². The van der Waals surface area contributed by atoms with Gasteiger partial charge in [-0.15, -0.1) is 0 Å². The van der Waals surface area contributed by atoms with Gasteiger partial charge in [-0.1, -0.05) is 19.9 Å². The Labute approximate surface area is 146 Å². The number of ether oxygens (including phenoxy) is 1. The predicted octanol–water partition coefficient (Wildman–Crippen LogP) is 3.26. The van der Waals surface area contributed by atoms with Gasteiger partial charge in [0, 0.05) is 30.2 Å². The summed E-state index contributed by atoms with van der Waals surface area (Å²) in [5.41, 5.74) is 0.905. The molecule has 25 heavy (non-hydrogen) atoms. The Balaban J connectivity index is 1.88. The summed E-state index contributed by atoms with van der Waals surface area (Å²) in [6.45, 7) is 5.82. The minimum atomic E-state index is -1.28. The van der Waals surface area contributed by atoms with E-state index in [2.05, 4.69) is 19.9 Å². The van der Waals surface area contributed by atoms with E-state index < -0.39 is 5.60 Å². The number of pyridine rings is 2. The summed E-state index contributed by atoms with van der Waals surface area (Å²) in [7, 11) is 0. The van der Waals surface area contributed by atoms with Crippen molar-refractivity contribution in [1.29, 1.82) is 0 Å². The van der Waals surface area contributed by atoms with E-state index in [1.807, 2.05) is 26.8 Å². The molecule has 0 amide bonds. The maximum absolute atomic E-state index is 11.2. The van der Waals surface area contributed by atoms with Crippen molar-refractivity contribution >= 4 is 0 Å². The van der Waals surface area contributed by atoms with Crippen molar-refractivity contribution < 1.29 is 9.84 Å². The van der Waals surface area contributed by atoms with Crippen molar-refractivity contribution in [2.75, 3.05) is 0 Å². The quantitative estimate of drug-likeness (QED) is 0.770. The first-order valence-electron chi connectivity index (χ1n) is 8.05. The maximum Gasteiger partial charge on any atom is 0.219 e. The molecular weight excluding hydrogens is 316 g/mol. The number of nitrogens with zero attached hydrogens (tertiary/aromatic N) is 4. The molecule has 3 aromatic heterocycles. The molecular formula is C19H20N4O2. The molecule has 3 heterocycles. The standard InChI is InChI=1S/C19H20N4O2/c1-13(2)19(24,15-9-20-12-21-10-15)17-6-5-16(11-22-17)25-18-7-4-14(3)8-23-18/h4-13,24H,1-3H3. The highest BCUT2D eigenvalue weighted by molar-refractivity contribution is 5.33. The fourth-order valence-corrected chi connectivity index (χ4v) is 2.57. The Hall–Kier alpha value is -2.86. The minimum Gasteiger partial charge on any atom is -0.437 e. The lowest BCUT2D eigenvalue weighted by Gasteiger charge is -2.31. The van der Waals surface area contributed by atoms with Crippen molar-refractivity contribution in [3.8, 4) is 11.6 Å². The fraction of sp³-hybridized carbons (Fsp3) is 0.263. The van der Waals surface area contributed by atoms with E-state index in [1.165, 1.54) is 6.33 Å². The van der Waals surface area contributed by atoms with Crippen LogP contribution in [0.15, 0.2) is 55.4 Å². The van der Waals surface area contributed by atoms with Crippen LogP contribution in [0, 0.1) is 12.8 Å². The normalized spacial score (nSPS) is 13.5. The third-order valence-electron chi connectivity index (χ3n) is 4.07. The van der Waals surface area contributed by atoms with E-state index in [9.17, 15) is 5.11 Å². The van der Waals surface area contributed by atoms with Crippen LogP contribution in [-0.4, -0.2) is 25.0 Å². The highest BCUT2D eigenvalue weighted by Crippen LogP contribution is 2.35. The number of aromatic nitrogens is 4. The zero-order valence-electron chi connectivity index (χ0n) is 14.4. The van der Waals surface area contributed by atoms with Gasteiger partial charge in [-0.2, -0.15) is 0 Å². The van der Waals surface area contributed by atoms with Crippen molar-refractivity contribution in [2.24, 2.45) is 5.92 Å². The molecule has 0 bridgehead atoms. The van der Waals surface area contributed by atoms with Crippen molar-refractivity contribution in [3.63, 3.8) is 0 Å². The third kappa shape index (κ3) is 3.49. The molecule has 3 rings (SSSR count). The average Bonchev–Trinajstić information content (AvgIpc) is 2.64. The molecule has 0 saturated carbocycles. The van der Waals surface area contributed by atoms with Crippen LogP contribution in [0.2, 0.25) is 0 Å². The minimum absolute atomic E-state index is 0.114. The van der Waals surface area contributed by atoms with Crippen LogP contribution >= 0.6 is 0 Å². The van der Waals surface area contributed by atoms with Gasteiger partial charge >= 0.3 is 0 Å². The number of hydrogen-bond donors (Lipinski definition) is 1. The van der Waals surface area contributed by atoms with Crippen LogP contribution in [0.5, 0.6) is 11.6 Å². The largest absolute Gasteiger partial charge is 0.437 e. The molecule has 0 aliphatic heterocycles. The Morgan fingerprint density at radius 3 is 2.28 bits per heavy atom. The van der Waals surface area contributed by atoms with E-state index in [0.717, 1.165) is 5.56 Å². The fourth-order valence-electron chi connectivity index (χ4n) is 2.57. The van der Waals surface area contributed by atoms with Crippen molar-refractivity contribution in [3.05, 3.63) is 72.2 Å². The lowest BCUT2D eigenvalue weighted by Crippen LogP contribution is -2.34. The highest BCUT2D eigenvalue weighted by atomic mass is 16.5. The van der Waals surface area contributed by atoms with Crippen LogP contribution in [0.4, 0.5) is 0 Å². The molecule has 0 aliphatic rings. The van der Waals surface area contributed by atoms with Crippen LogP contribution in [0.3, 0.4) is 0 Å². The number of rotatable bonds is 5. The predicted molar refractivity (Wildman–Crippen MR) is 93.2 cm³/mol. The van der Waals surface area contributed by atoms with E-state index in [4.69, 9.17) is 4.74 Å². The van der Waals surface area contributed by atoms with Gasteiger partial charge in [-0.25, -0.2) is 15.0 Å². The lowest BCUT2D eigenvalue weighted by molar-refractivity contribution is 0.0268. The third-order valence-corrected chi connectivity index (χ3v) is 4.07. The van der Waals surface area contributed by atoms with E-state index >= 15 is 0 Å². The number of hydrogen-bond acceptors (Lipinski definition) is 6. The zero-order chi connectivity index (χ0) is 17.9. The second-order valence-electron chi connectivity index (χ2n) is 6.20. The summed E-state index contributed by atoms with van der Waals surface area (Å²) in [4.78, 5) is 16.6. The summed E-state index contributed by atoms with van der Waals surface area (Å²) in [6.07, 6.45) is 7.96. The highest BCUT2D eigenvalue weighted by Gasteiger charge is 2.37. The molecule has 0 fully saturated rings.